The monoisotopic (exact) mass is 583 g/mol. The highest BCUT2D eigenvalue weighted by Gasteiger charge is 2.48. The Balaban J connectivity index is 0.000000157. The van der Waals surface area contributed by atoms with E-state index in [1.807, 2.05) is 18.2 Å². The Labute approximate surface area is 264 Å². The highest BCUT2D eigenvalue weighted by atomic mass is 15.4. The Morgan fingerprint density at radius 1 is 0.651 bits per heavy atom. The van der Waals surface area contributed by atoms with Gasteiger partial charge in [0.1, 0.15) is 17.9 Å². The summed E-state index contributed by atoms with van der Waals surface area (Å²) < 4.78 is 4.50. The van der Waals surface area contributed by atoms with Crippen molar-refractivity contribution < 1.29 is 4.57 Å². The second-order valence-corrected chi connectivity index (χ2v) is 15.5. The number of hydrogen-bond acceptors (Lipinski definition) is 0. The van der Waals surface area contributed by atoms with Crippen LogP contribution in [0, 0.1) is 21.3 Å². The average Bonchev–Trinajstić information content (AvgIpc) is 2.94. The molecule has 43 heavy (non-hydrogen) atoms. The zero-order chi connectivity index (χ0) is 30.3. The van der Waals surface area contributed by atoms with Crippen LogP contribution in [0.2, 0.25) is 0 Å². The summed E-state index contributed by atoms with van der Waals surface area (Å²) in [6.45, 7) is 22.7. The van der Waals surface area contributed by atoms with Crippen LogP contribution in [-0.2, 0) is 30.2 Å². The third kappa shape index (κ3) is 6.64. The van der Waals surface area contributed by atoms with Gasteiger partial charge in [0.05, 0.1) is 40.3 Å². The summed E-state index contributed by atoms with van der Waals surface area (Å²) >= 11 is 0. The lowest BCUT2D eigenvalue weighted by Crippen LogP contribution is -2.57. The minimum atomic E-state index is 0. The second kappa shape index (κ2) is 12.5. The summed E-state index contributed by atoms with van der Waals surface area (Å²) in [6.07, 6.45) is 12.1. The largest absolute Gasteiger partial charge is 0.358 e. The van der Waals surface area contributed by atoms with Crippen molar-refractivity contribution in [2.75, 3.05) is 40.3 Å². The van der Waals surface area contributed by atoms with Gasteiger partial charge in [0.2, 0.25) is 0 Å². The van der Waals surface area contributed by atoms with Gasteiger partial charge in [-0.2, -0.15) is 0 Å². The van der Waals surface area contributed by atoms with E-state index in [1.165, 1.54) is 80.3 Å². The number of rotatable bonds is 1. The molecule has 234 valence electrons. The molecule has 2 aromatic carbocycles. The fourth-order valence-corrected chi connectivity index (χ4v) is 8.28. The molecule has 4 aliphatic heterocycles. The molecule has 0 aliphatic carbocycles. The molecule has 0 saturated heterocycles. The zero-order valence-electron chi connectivity index (χ0n) is 29.3. The van der Waals surface area contributed by atoms with E-state index < -0.39 is 0 Å². The van der Waals surface area contributed by atoms with Gasteiger partial charge >= 0.3 is 0 Å². The molecule has 0 radical (unpaired) electrons. The van der Waals surface area contributed by atoms with E-state index in [0.29, 0.717) is 10.8 Å². The molecule has 0 atom stereocenters. The van der Waals surface area contributed by atoms with Crippen molar-refractivity contribution >= 4 is 11.4 Å². The van der Waals surface area contributed by atoms with Gasteiger partial charge in [0.15, 0.2) is 12.4 Å². The van der Waals surface area contributed by atoms with Gasteiger partial charge in [-0.15, -0.1) is 0 Å². The summed E-state index contributed by atoms with van der Waals surface area (Å²) in [5.41, 5.74) is 13.4. The molecule has 0 amide bonds. The summed E-state index contributed by atoms with van der Waals surface area (Å²) in [5.74, 6) is 0. The highest BCUT2D eigenvalue weighted by Crippen LogP contribution is 2.52. The van der Waals surface area contributed by atoms with Crippen LogP contribution in [0.1, 0.15) is 93.7 Å². The lowest BCUT2D eigenvalue weighted by molar-refractivity contribution is -0.693. The predicted molar refractivity (Wildman–Crippen MR) is 188 cm³/mol. The number of nitrogens with zero attached hydrogens (tertiary/aromatic N) is 3. The van der Waals surface area contributed by atoms with Gasteiger partial charge in [0, 0.05) is 70.9 Å². The number of hydrogen-bond donors (Lipinski definition) is 0. The molecular weight excluding hydrogens is 522 g/mol. The number of benzene rings is 2. The summed E-state index contributed by atoms with van der Waals surface area (Å²) in [5, 5.41) is 0. The number of aromatic nitrogens is 1. The van der Waals surface area contributed by atoms with E-state index in [-0.39, 0.29) is 7.43 Å². The Morgan fingerprint density at radius 2 is 1.09 bits per heavy atom. The van der Waals surface area contributed by atoms with Crippen molar-refractivity contribution in [1.82, 2.24) is 8.97 Å². The van der Waals surface area contributed by atoms with Gasteiger partial charge in [-0.1, -0.05) is 57.0 Å². The van der Waals surface area contributed by atoms with Gasteiger partial charge in [-0.3, -0.25) is 8.97 Å². The van der Waals surface area contributed by atoms with Crippen LogP contribution in [-0.4, -0.2) is 40.3 Å². The molecule has 0 saturated carbocycles. The molecule has 0 N–H and O–H groups in total. The van der Waals surface area contributed by atoms with Crippen molar-refractivity contribution in [2.24, 2.45) is 0 Å². The molecular formula is C40H61N3+2. The molecule has 3 aromatic rings. The standard InChI is InChI=1S/C18H28N.C14H20N.C7H10N.CH3/c1-13-11-14-16-15(12-13)18(4,5)8-10-19(16,6)9-7-17(14,2)3;1-11-9-12-5-3-7-15(2)8-4-6-13(10-11)14(12)15;1-2-8-6-4-3-5-7-8;/h11-12H,7-10H2,1-6H3;9-10H,3-8H2,1-2H3;3-7H,2H2,1H3;1H3/q3*+1;-1. The summed E-state index contributed by atoms with van der Waals surface area (Å²) in [4.78, 5) is 0. The van der Waals surface area contributed by atoms with Crippen LogP contribution in [0.25, 0.3) is 0 Å². The minimum absolute atomic E-state index is 0. The van der Waals surface area contributed by atoms with Crippen LogP contribution >= 0.6 is 0 Å². The first kappa shape index (κ1) is 33.4. The first-order valence-electron chi connectivity index (χ1n) is 16.7. The lowest BCUT2D eigenvalue weighted by atomic mass is 9.68. The molecule has 0 bridgehead atoms. The maximum atomic E-state index is 2.45. The first-order valence-corrected chi connectivity index (χ1v) is 16.7. The van der Waals surface area contributed by atoms with Gasteiger partial charge in [0.25, 0.3) is 0 Å². The topological polar surface area (TPSA) is 3.88 Å². The lowest BCUT2D eigenvalue weighted by Gasteiger charge is -2.51. The molecule has 3 heteroatoms. The molecule has 4 aliphatic rings. The SMILES string of the molecule is CC[n+]1ccccc1.Cc1cc2c3c(c1)C(C)(C)CC[N+]3(C)CCC2(C)C.Cc1cc2c3c(c1)CCC[N+]3(C)CCC2.[CH3-]. The molecule has 1 aromatic heterocycles. The Hall–Kier alpha value is -2.49. The van der Waals surface area contributed by atoms with Gasteiger partial charge in [-0.05, 0) is 45.7 Å². The van der Waals surface area contributed by atoms with Crippen LogP contribution in [0.15, 0.2) is 54.9 Å². The Kier molecular flexibility index (Phi) is 9.70. The molecule has 5 heterocycles. The van der Waals surface area contributed by atoms with E-state index in [9.17, 15) is 0 Å². The fourth-order valence-electron chi connectivity index (χ4n) is 8.28. The van der Waals surface area contributed by atoms with E-state index in [2.05, 4.69) is 104 Å². The minimum Gasteiger partial charge on any atom is -0.358 e. The van der Waals surface area contributed by atoms with Crippen molar-refractivity contribution in [3.63, 3.8) is 0 Å². The summed E-state index contributed by atoms with van der Waals surface area (Å²) in [7, 11) is 4.87. The first-order chi connectivity index (χ1) is 19.8. The van der Waals surface area contributed by atoms with Gasteiger partial charge in [-0.25, -0.2) is 4.57 Å². The van der Waals surface area contributed by atoms with E-state index in [4.69, 9.17) is 0 Å². The number of pyridine rings is 1. The summed E-state index contributed by atoms with van der Waals surface area (Å²) in [6, 6.07) is 15.8. The van der Waals surface area contributed by atoms with Crippen LogP contribution in [0.3, 0.4) is 0 Å². The molecule has 0 unspecified atom stereocenters. The Bertz CT molecular complexity index is 1340. The van der Waals surface area contributed by atoms with E-state index in [0.717, 1.165) is 11.0 Å². The van der Waals surface area contributed by atoms with Crippen molar-refractivity contribution in [3.05, 3.63) is 95.7 Å². The molecule has 3 nitrogen and oxygen atoms in total. The van der Waals surface area contributed by atoms with Crippen molar-refractivity contribution in [1.29, 1.82) is 0 Å². The van der Waals surface area contributed by atoms with E-state index in [1.54, 1.807) is 33.6 Å². The molecule has 0 fully saturated rings. The second-order valence-electron chi connectivity index (χ2n) is 15.5. The normalized spacial score (nSPS) is 20.9. The predicted octanol–water partition coefficient (Wildman–Crippen LogP) is 8.56. The third-order valence-electron chi connectivity index (χ3n) is 11.0. The average molecular weight is 584 g/mol. The third-order valence-corrected chi connectivity index (χ3v) is 11.0. The molecule has 7 rings (SSSR count). The van der Waals surface area contributed by atoms with Crippen molar-refractivity contribution in [3.8, 4) is 0 Å². The van der Waals surface area contributed by atoms with Gasteiger partial charge < -0.3 is 7.43 Å². The molecule has 0 spiro atoms. The maximum absolute atomic E-state index is 2.45. The van der Waals surface area contributed by atoms with Crippen LogP contribution < -0.4 is 13.5 Å². The number of quaternary nitrogens is 2. The number of aryl methyl sites for hydroxylation is 5. The fraction of sp³-hybridized carbons (Fsp3) is 0.550. The maximum Gasteiger partial charge on any atom is 0.168 e. The van der Waals surface area contributed by atoms with Crippen LogP contribution in [0.4, 0.5) is 11.4 Å². The zero-order valence-corrected chi connectivity index (χ0v) is 29.3. The quantitative estimate of drug-likeness (QED) is 0.153. The highest BCUT2D eigenvalue weighted by molar-refractivity contribution is 5.66. The smallest absolute Gasteiger partial charge is 0.168 e. The van der Waals surface area contributed by atoms with Crippen molar-refractivity contribution in [2.45, 2.75) is 104 Å². The van der Waals surface area contributed by atoms with Crippen LogP contribution in [0.5, 0.6) is 0 Å². The Morgan fingerprint density at radius 3 is 1.53 bits per heavy atom. The van der Waals surface area contributed by atoms with E-state index >= 15 is 0 Å².